The molecule has 1 aliphatic heterocycles. The van der Waals surface area contributed by atoms with Crippen molar-refractivity contribution in [3.63, 3.8) is 0 Å². The zero-order valence-corrected chi connectivity index (χ0v) is 22.8. The molecule has 0 radical (unpaired) electrons. The zero-order valence-electron chi connectivity index (χ0n) is 22.8. The second-order valence-corrected chi connectivity index (χ2v) is 12.8. The van der Waals surface area contributed by atoms with Crippen LogP contribution in [-0.4, -0.2) is 111 Å². The van der Waals surface area contributed by atoms with Crippen LogP contribution in [0.25, 0.3) is 0 Å². The highest BCUT2D eigenvalue weighted by molar-refractivity contribution is 5.66. The molecule has 7 bridgehead atoms. The lowest BCUT2D eigenvalue weighted by Crippen LogP contribution is -2.85. The number of hydrogen-bond donors (Lipinski definition) is 2. The van der Waals surface area contributed by atoms with Gasteiger partial charge in [-0.3, -0.25) is 4.79 Å². The molecule has 0 aromatic rings. The van der Waals surface area contributed by atoms with E-state index in [1.54, 1.807) is 28.4 Å². The smallest absolute Gasteiger partial charge is 0.302 e. The minimum atomic E-state index is -1.87. The van der Waals surface area contributed by atoms with E-state index in [1.165, 1.54) is 6.92 Å². The van der Waals surface area contributed by atoms with E-state index in [0.717, 1.165) is 0 Å². The molecule has 2 unspecified atom stereocenters. The molecule has 1 saturated heterocycles. The Morgan fingerprint density at radius 1 is 1.11 bits per heavy atom. The number of rotatable bonds is 7. The first-order valence-electron chi connectivity index (χ1n) is 13.8. The van der Waals surface area contributed by atoms with Crippen LogP contribution in [0.5, 0.6) is 0 Å². The summed E-state index contributed by atoms with van der Waals surface area (Å²) in [7, 11) is 6.54. The molecule has 0 aromatic heterocycles. The highest BCUT2D eigenvalue weighted by Crippen LogP contribution is 2.81. The second-order valence-electron chi connectivity index (χ2n) is 12.8. The van der Waals surface area contributed by atoms with Gasteiger partial charge in [0.1, 0.15) is 18.2 Å². The number of fused-ring (bicyclic) bond motifs is 2. The highest BCUT2D eigenvalue weighted by atomic mass is 16.6. The van der Waals surface area contributed by atoms with Crippen molar-refractivity contribution >= 4 is 5.97 Å². The average Bonchev–Trinajstić information content (AvgIpc) is 3.30. The highest BCUT2D eigenvalue weighted by Gasteiger charge is 2.94. The number of carbonyl (C=O) groups excluding carboxylic acids is 1. The summed E-state index contributed by atoms with van der Waals surface area (Å²) in [6.07, 6.45) is 0.409. The molecule has 0 aromatic carbocycles. The fourth-order valence-electron chi connectivity index (χ4n) is 11.5. The van der Waals surface area contributed by atoms with Crippen LogP contribution in [0.3, 0.4) is 0 Å². The number of esters is 1. The van der Waals surface area contributed by atoms with Gasteiger partial charge >= 0.3 is 5.97 Å². The maximum Gasteiger partial charge on any atom is 0.302 e. The van der Waals surface area contributed by atoms with Crippen LogP contribution in [0, 0.1) is 39.7 Å². The lowest BCUT2D eigenvalue weighted by atomic mass is 9.42. The van der Waals surface area contributed by atoms with Gasteiger partial charge in [-0.1, -0.05) is 0 Å². The molecule has 5 aliphatic carbocycles. The summed E-state index contributed by atoms with van der Waals surface area (Å²) in [6, 6.07) is -0.853. The number of likely N-dealkylation sites (N-methyl/N-ethyl adjacent to an activating group) is 1. The van der Waals surface area contributed by atoms with Crippen molar-refractivity contribution in [3.8, 4) is 0 Å². The largest absolute Gasteiger partial charge is 0.632 e. The minimum absolute atomic E-state index is 0.0294. The van der Waals surface area contributed by atoms with E-state index >= 15 is 5.21 Å². The Balaban J connectivity index is 1.68. The SMILES string of the molecule is CC[N+]1([O-])C[C@]2(COC(C)=O)CCC(OC)[C@@]34[C@@H]5C[C@H]6[C@H](OC)[C@@H]5[C@](O)(C[C@@H]6OC)[C@](O)([C@@H](OC)[C@H]23)[C@H]41. The first kappa shape index (κ1) is 26.4. The Morgan fingerprint density at radius 2 is 1.84 bits per heavy atom. The van der Waals surface area contributed by atoms with Crippen LogP contribution < -0.4 is 0 Å². The van der Waals surface area contributed by atoms with Gasteiger partial charge in [0, 0.05) is 59.5 Å². The molecular formula is C27H43NO9. The number of aliphatic hydroxyl groups is 2. The van der Waals surface area contributed by atoms with Crippen molar-refractivity contribution in [2.24, 2.45) is 34.5 Å². The quantitative estimate of drug-likeness (QED) is 0.283. The molecule has 10 heteroatoms. The lowest BCUT2D eigenvalue weighted by Gasteiger charge is -2.73. The van der Waals surface area contributed by atoms with Gasteiger partial charge in [-0.2, -0.15) is 0 Å². The minimum Gasteiger partial charge on any atom is -0.632 e. The maximum absolute atomic E-state index is 15.1. The van der Waals surface area contributed by atoms with Crippen LogP contribution in [0.4, 0.5) is 0 Å². The molecule has 1 heterocycles. The molecule has 5 saturated carbocycles. The third-order valence-electron chi connectivity index (χ3n) is 12.2. The fourth-order valence-corrected chi connectivity index (χ4v) is 11.5. The van der Waals surface area contributed by atoms with Gasteiger partial charge in [-0.25, -0.2) is 0 Å². The van der Waals surface area contributed by atoms with Crippen molar-refractivity contribution in [2.45, 2.75) is 81.2 Å². The zero-order chi connectivity index (χ0) is 26.8. The van der Waals surface area contributed by atoms with Crippen LogP contribution >= 0.6 is 0 Å². The predicted molar refractivity (Wildman–Crippen MR) is 130 cm³/mol. The summed E-state index contributed by atoms with van der Waals surface area (Å²) in [4.78, 5) is 12.0. The van der Waals surface area contributed by atoms with Gasteiger partial charge in [0.25, 0.3) is 0 Å². The molecule has 1 spiro atoms. The summed E-state index contributed by atoms with van der Waals surface area (Å²) in [5.41, 5.74) is -5.02. The topological polar surface area (TPSA) is 127 Å². The van der Waals surface area contributed by atoms with Crippen LogP contribution in [0.1, 0.15) is 39.5 Å². The van der Waals surface area contributed by atoms with Crippen molar-refractivity contribution in [1.29, 1.82) is 0 Å². The van der Waals surface area contributed by atoms with Crippen molar-refractivity contribution in [1.82, 2.24) is 0 Å². The molecule has 210 valence electrons. The van der Waals surface area contributed by atoms with E-state index in [2.05, 4.69) is 0 Å². The van der Waals surface area contributed by atoms with E-state index in [1.807, 2.05) is 6.92 Å². The third kappa shape index (κ3) is 2.68. The lowest BCUT2D eigenvalue weighted by molar-refractivity contribution is -0.936. The van der Waals surface area contributed by atoms with E-state index < -0.39 is 50.7 Å². The fraction of sp³-hybridized carbons (Fsp3) is 0.963. The number of nitrogens with zero attached hydrogens (tertiary/aromatic N) is 1. The molecule has 14 atom stereocenters. The summed E-state index contributed by atoms with van der Waals surface area (Å²) in [5.74, 6) is -1.25. The molecule has 6 fully saturated rings. The summed E-state index contributed by atoms with van der Waals surface area (Å²) in [5, 5.41) is 41.1. The molecule has 6 rings (SSSR count). The molecule has 2 N–H and O–H groups in total. The molecule has 10 nitrogen and oxygen atoms in total. The van der Waals surface area contributed by atoms with Gasteiger partial charge in [-0.15, -0.1) is 0 Å². The molecule has 6 aliphatic rings. The van der Waals surface area contributed by atoms with E-state index in [4.69, 9.17) is 23.7 Å². The van der Waals surface area contributed by atoms with Gasteiger partial charge in [-0.05, 0) is 32.1 Å². The van der Waals surface area contributed by atoms with Crippen molar-refractivity contribution in [3.05, 3.63) is 5.21 Å². The van der Waals surface area contributed by atoms with Crippen molar-refractivity contribution < 1.29 is 43.3 Å². The average molecular weight is 526 g/mol. The van der Waals surface area contributed by atoms with Gasteiger partial charge in [0.15, 0.2) is 5.60 Å². The first-order valence-corrected chi connectivity index (χ1v) is 13.8. The Hall–Kier alpha value is -0.850. The monoisotopic (exact) mass is 525 g/mol. The summed E-state index contributed by atoms with van der Waals surface area (Å²) < 4.78 is 29.5. The Labute approximate surface area is 218 Å². The normalized spacial score (nSPS) is 58.9. The van der Waals surface area contributed by atoms with Gasteiger partial charge in [0.05, 0.1) is 48.3 Å². The Morgan fingerprint density at radius 3 is 2.41 bits per heavy atom. The van der Waals surface area contributed by atoms with E-state index in [9.17, 15) is 15.0 Å². The standard InChI is InChI=1S/C27H43NO9/c1-7-28(32)12-24(13-37-14(2)29)9-8-18(34-4)26-16-10-15-17(33-3)11-25(30,19(16)20(15)35-5)27(31,23(26)28)22(36-6)21(24)26/h15-23,30-31H,7-13H2,1-6H3/t15-,16-,17+,18?,19-,20+,21-,22+,23+,24+,25-,26+,27+,28?/m1/s1. The molecule has 37 heavy (non-hydrogen) atoms. The van der Waals surface area contributed by atoms with Gasteiger partial charge in [0.2, 0.25) is 0 Å². The second kappa shape index (κ2) is 8.10. The number of carbonyl (C=O) groups is 1. The number of likely N-dealkylation sites (tertiary alicyclic amines) is 1. The Bertz CT molecular complexity index is 966. The number of hydroxylamine groups is 3. The van der Waals surface area contributed by atoms with Crippen LogP contribution in [0.2, 0.25) is 0 Å². The third-order valence-corrected chi connectivity index (χ3v) is 12.2. The molecule has 0 amide bonds. The number of methoxy groups -OCH3 is 4. The number of hydrogen-bond acceptors (Lipinski definition) is 9. The summed E-state index contributed by atoms with van der Waals surface area (Å²) in [6.45, 7) is 3.74. The van der Waals surface area contributed by atoms with Crippen molar-refractivity contribution in [2.75, 3.05) is 48.1 Å². The van der Waals surface area contributed by atoms with E-state index in [0.29, 0.717) is 19.3 Å². The Kier molecular flexibility index (Phi) is 5.77. The van der Waals surface area contributed by atoms with Gasteiger partial charge < -0.3 is 43.8 Å². The van der Waals surface area contributed by atoms with E-state index in [-0.39, 0.29) is 62.2 Å². The molecular weight excluding hydrogens is 482 g/mol. The predicted octanol–water partition coefficient (Wildman–Crippen LogP) is 0.854. The summed E-state index contributed by atoms with van der Waals surface area (Å²) >= 11 is 0. The maximum atomic E-state index is 15.1. The van der Waals surface area contributed by atoms with Crippen LogP contribution in [0.15, 0.2) is 0 Å². The van der Waals surface area contributed by atoms with Crippen LogP contribution in [-0.2, 0) is 28.5 Å². The first-order chi connectivity index (χ1) is 17.5. The number of ether oxygens (including phenoxy) is 5. The number of piperidine rings is 1. The number of quaternary nitrogens is 1.